The molecule has 2 aromatic carbocycles. The van der Waals surface area contributed by atoms with Gasteiger partial charge in [0.2, 0.25) is 0 Å². The maximum absolute atomic E-state index is 12.4. The molecule has 126 valence electrons. The molecule has 0 spiro atoms. The Balaban J connectivity index is 2.41. The Morgan fingerprint density at radius 3 is 2.00 bits per heavy atom. The summed E-state index contributed by atoms with van der Waals surface area (Å²) in [5.74, 6) is -1.27. The third kappa shape index (κ3) is 4.81. The van der Waals surface area contributed by atoms with Gasteiger partial charge in [0.1, 0.15) is 17.6 Å². The van der Waals surface area contributed by atoms with Gasteiger partial charge in [-0.1, -0.05) is 18.2 Å². The quantitative estimate of drug-likeness (QED) is 0.732. The van der Waals surface area contributed by atoms with Crippen LogP contribution in [0, 0.1) is 11.3 Å². The van der Waals surface area contributed by atoms with Crippen molar-refractivity contribution in [2.45, 2.75) is 12.7 Å². The van der Waals surface area contributed by atoms with E-state index in [2.05, 4.69) is 9.47 Å². The van der Waals surface area contributed by atoms with Crippen molar-refractivity contribution in [3.63, 3.8) is 0 Å². The van der Waals surface area contributed by atoms with Gasteiger partial charge in [-0.25, -0.2) is 0 Å². The predicted molar refractivity (Wildman–Crippen MR) is 70.0 cm³/mol. The van der Waals surface area contributed by atoms with E-state index in [0.717, 1.165) is 24.3 Å². The molecule has 2 rings (SSSR count). The van der Waals surface area contributed by atoms with E-state index < -0.39 is 24.2 Å². The van der Waals surface area contributed by atoms with Crippen LogP contribution in [-0.2, 0) is 0 Å². The first-order valence-electron chi connectivity index (χ1n) is 6.23. The van der Waals surface area contributed by atoms with Gasteiger partial charge in [-0.05, 0) is 35.4 Å². The van der Waals surface area contributed by atoms with Gasteiger partial charge < -0.3 is 9.47 Å². The second-order valence-electron chi connectivity index (χ2n) is 4.45. The molecule has 0 bridgehead atoms. The van der Waals surface area contributed by atoms with Crippen LogP contribution in [0.3, 0.4) is 0 Å². The standard InChI is InChI=1S/C15H7F6NO2/c16-14(17,18)23-12-3-1-2-9(6-12)10-4-5-11(8-22)13(7-10)24-15(19,20)21/h1-7H. The molecule has 24 heavy (non-hydrogen) atoms. The fourth-order valence-electron chi connectivity index (χ4n) is 1.88. The van der Waals surface area contributed by atoms with E-state index in [-0.39, 0.29) is 16.7 Å². The normalized spacial score (nSPS) is 11.7. The summed E-state index contributed by atoms with van der Waals surface area (Å²) in [5.41, 5.74) is -0.0760. The van der Waals surface area contributed by atoms with Gasteiger partial charge in [0.15, 0.2) is 0 Å². The first-order valence-corrected chi connectivity index (χ1v) is 6.23. The van der Waals surface area contributed by atoms with E-state index in [9.17, 15) is 26.3 Å². The first kappa shape index (κ1) is 17.5. The second-order valence-corrected chi connectivity index (χ2v) is 4.45. The van der Waals surface area contributed by atoms with E-state index in [1.807, 2.05) is 0 Å². The van der Waals surface area contributed by atoms with Crippen molar-refractivity contribution in [3.8, 4) is 28.7 Å². The Morgan fingerprint density at radius 2 is 1.42 bits per heavy atom. The minimum Gasteiger partial charge on any atom is -0.406 e. The average molecular weight is 347 g/mol. The molecular formula is C15H7F6NO2. The van der Waals surface area contributed by atoms with Gasteiger partial charge in [-0.2, -0.15) is 5.26 Å². The monoisotopic (exact) mass is 347 g/mol. The highest BCUT2D eigenvalue weighted by Gasteiger charge is 2.33. The molecule has 0 aliphatic carbocycles. The van der Waals surface area contributed by atoms with Gasteiger partial charge in [0.25, 0.3) is 0 Å². The van der Waals surface area contributed by atoms with Crippen LogP contribution in [0.25, 0.3) is 11.1 Å². The van der Waals surface area contributed by atoms with Crippen molar-refractivity contribution in [2.75, 3.05) is 0 Å². The van der Waals surface area contributed by atoms with Crippen LogP contribution >= 0.6 is 0 Å². The van der Waals surface area contributed by atoms with Crippen LogP contribution < -0.4 is 9.47 Å². The molecule has 3 nitrogen and oxygen atoms in total. The number of ether oxygens (including phenoxy) is 2. The predicted octanol–water partition coefficient (Wildman–Crippen LogP) is 5.02. The molecule has 0 radical (unpaired) electrons. The fraction of sp³-hybridized carbons (Fsp3) is 0.133. The Hall–Kier alpha value is -2.89. The van der Waals surface area contributed by atoms with E-state index in [4.69, 9.17) is 5.26 Å². The molecule has 0 atom stereocenters. The molecule has 0 aliphatic rings. The van der Waals surface area contributed by atoms with E-state index >= 15 is 0 Å². The Bertz CT molecular complexity index is 777. The molecule has 0 saturated heterocycles. The number of rotatable bonds is 3. The molecule has 2 aromatic rings. The van der Waals surface area contributed by atoms with Gasteiger partial charge in [-0.3, -0.25) is 0 Å². The van der Waals surface area contributed by atoms with Gasteiger partial charge >= 0.3 is 12.7 Å². The lowest BCUT2D eigenvalue weighted by Gasteiger charge is -2.13. The summed E-state index contributed by atoms with van der Waals surface area (Å²) in [6.45, 7) is 0. The zero-order valence-electron chi connectivity index (χ0n) is 11.6. The smallest absolute Gasteiger partial charge is 0.406 e. The van der Waals surface area contributed by atoms with Gasteiger partial charge in [0.05, 0.1) is 5.56 Å². The minimum atomic E-state index is -5.01. The Labute approximate surface area is 131 Å². The highest BCUT2D eigenvalue weighted by molar-refractivity contribution is 5.68. The Morgan fingerprint density at radius 1 is 0.792 bits per heavy atom. The number of alkyl halides is 6. The largest absolute Gasteiger partial charge is 0.573 e. The molecule has 0 fully saturated rings. The lowest BCUT2D eigenvalue weighted by Crippen LogP contribution is -2.18. The number of hydrogen-bond donors (Lipinski definition) is 0. The number of nitriles is 1. The topological polar surface area (TPSA) is 42.2 Å². The van der Waals surface area contributed by atoms with Gasteiger partial charge in [-0.15, -0.1) is 26.3 Å². The second kappa shape index (κ2) is 6.31. The van der Waals surface area contributed by atoms with Crippen LogP contribution in [0.4, 0.5) is 26.3 Å². The van der Waals surface area contributed by atoms with E-state index in [1.165, 1.54) is 18.2 Å². The van der Waals surface area contributed by atoms with Crippen LogP contribution in [0.5, 0.6) is 11.5 Å². The summed E-state index contributed by atoms with van der Waals surface area (Å²) in [6, 6.07) is 9.50. The van der Waals surface area contributed by atoms with Crippen molar-refractivity contribution in [1.29, 1.82) is 5.26 Å². The van der Waals surface area contributed by atoms with Crippen molar-refractivity contribution >= 4 is 0 Å². The van der Waals surface area contributed by atoms with E-state index in [0.29, 0.717) is 0 Å². The van der Waals surface area contributed by atoms with E-state index in [1.54, 1.807) is 6.07 Å². The molecule has 9 heteroatoms. The summed E-state index contributed by atoms with van der Waals surface area (Å²) >= 11 is 0. The molecule has 0 unspecified atom stereocenters. The third-order valence-corrected chi connectivity index (χ3v) is 2.73. The Kier molecular flexibility index (Phi) is 4.59. The van der Waals surface area contributed by atoms with Crippen molar-refractivity contribution < 1.29 is 35.8 Å². The minimum absolute atomic E-state index is 0.126. The number of halogens is 6. The molecule has 0 amide bonds. The van der Waals surface area contributed by atoms with Crippen LogP contribution in [-0.4, -0.2) is 12.7 Å². The van der Waals surface area contributed by atoms with Gasteiger partial charge in [0, 0.05) is 0 Å². The first-order chi connectivity index (χ1) is 11.1. The lowest BCUT2D eigenvalue weighted by molar-refractivity contribution is -0.275. The van der Waals surface area contributed by atoms with Crippen molar-refractivity contribution in [2.24, 2.45) is 0 Å². The number of benzene rings is 2. The maximum Gasteiger partial charge on any atom is 0.573 e. The molecule has 0 saturated carbocycles. The van der Waals surface area contributed by atoms with Crippen LogP contribution in [0.2, 0.25) is 0 Å². The zero-order chi connectivity index (χ0) is 18.0. The fourth-order valence-corrected chi connectivity index (χ4v) is 1.88. The van der Waals surface area contributed by atoms with Crippen molar-refractivity contribution in [1.82, 2.24) is 0 Å². The van der Waals surface area contributed by atoms with Crippen molar-refractivity contribution in [3.05, 3.63) is 48.0 Å². The molecule has 0 aliphatic heterocycles. The molecular weight excluding hydrogens is 340 g/mol. The summed E-state index contributed by atoms with van der Waals surface area (Å²) in [7, 11) is 0. The summed E-state index contributed by atoms with van der Waals surface area (Å²) in [5, 5.41) is 8.81. The SMILES string of the molecule is N#Cc1ccc(-c2cccc(OC(F)(F)F)c2)cc1OC(F)(F)F. The number of hydrogen-bond acceptors (Lipinski definition) is 3. The number of nitrogens with zero attached hydrogens (tertiary/aromatic N) is 1. The maximum atomic E-state index is 12.4. The molecule has 0 heterocycles. The summed E-state index contributed by atoms with van der Waals surface area (Å²) in [4.78, 5) is 0. The highest BCUT2D eigenvalue weighted by atomic mass is 19.4. The van der Waals surface area contributed by atoms with Crippen LogP contribution in [0.1, 0.15) is 5.56 Å². The zero-order valence-corrected chi connectivity index (χ0v) is 11.6. The lowest BCUT2D eigenvalue weighted by atomic mass is 10.0. The van der Waals surface area contributed by atoms with Crippen LogP contribution in [0.15, 0.2) is 42.5 Å². The molecule has 0 N–H and O–H groups in total. The average Bonchev–Trinajstić information content (AvgIpc) is 2.44. The third-order valence-electron chi connectivity index (χ3n) is 2.73. The highest BCUT2D eigenvalue weighted by Crippen LogP contribution is 2.33. The molecule has 0 aromatic heterocycles. The summed E-state index contributed by atoms with van der Waals surface area (Å²) in [6.07, 6.45) is -9.90. The summed E-state index contributed by atoms with van der Waals surface area (Å²) < 4.78 is 81.3.